The van der Waals surface area contributed by atoms with E-state index in [0.29, 0.717) is 25.4 Å². The van der Waals surface area contributed by atoms with E-state index in [9.17, 15) is 26.4 Å². The summed E-state index contributed by atoms with van der Waals surface area (Å²) in [5.41, 5.74) is -0.885. The SMILES string of the molecule is O=C(CC1CCCCC1)N1CCN(S(=O)(=O)c2ccc(C(F)(F)F)cc2)CC1. The van der Waals surface area contributed by atoms with Crippen LogP contribution in [-0.2, 0) is 21.0 Å². The Morgan fingerprint density at radius 3 is 2.07 bits per heavy atom. The van der Waals surface area contributed by atoms with Crippen molar-refractivity contribution in [3.05, 3.63) is 29.8 Å². The van der Waals surface area contributed by atoms with Crippen LogP contribution in [0.2, 0.25) is 0 Å². The van der Waals surface area contributed by atoms with Crippen LogP contribution in [0.15, 0.2) is 29.2 Å². The van der Waals surface area contributed by atoms with Gasteiger partial charge in [-0.15, -0.1) is 0 Å². The van der Waals surface area contributed by atoms with Crippen LogP contribution < -0.4 is 0 Å². The Morgan fingerprint density at radius 1 is 0.964 bits per heavy atom. The minimum atomic E-state index is -4.51. The van der Waals surface area contributed by atoms with Gasteiger partial charge in [-0.05, 0) is 43.0 Å². The van der Waals surface area contributed by atoms with Crippen molar-refractivity contribution in [2.24, 2.45) is 5.92 Å². The zero-order valence-corrected chi connectivity index (χ0v) is 16.4. The zero-order valence-electron chi connectivity index (χ0n) is 15.6. The first-order valence-electron chi connectivity index (χ1n) is 9.63. The minimum absolute atomic E-state index is 0.0680. The number of halogens is 3. The Balaban J connectivity index is 1.58. The van der Waals surface area contributed by atoms with Gasteiger partial charge in [0.05, 0.1) is 10.5 Å². The summed E-state index contributed by atoms with van der Waals surface area (Å²) in [5, 5.41) is 0. The van der Waals surface area contributed by atoms with E-state index >= 15 is 0 Å². The number of alkyl halides is 3. The topological polar surface area (TPSA) is 57.7 Å². The molecule has 0 atom stereocenters. The molecule has 1 aliphatic carbocycles. The third kappa shape index (κ3) is 4.86. The maximum absolute atomic E-state index is 12.7. The van der Waals surface area contributed by atoms with Crippen LogP contribution in [0.4, 0.5) is 13.2 Å². The lowest BCUT2D eigenvalue weighted by Gasteiger charge is -2.35. The van der Waals surface area contributed by atoms with Crippen LogP contribution in [0, 0.1) is 5.92 Å². The van der Waals surface area contributed by atoms with Gasteiger partial charge in [-0.25, -0.2) is 8.42 Å². The lowest BCUT2D eigenvalue weighted by atomic mass is 9.86. The Labute approximate surface area is 163 Å². The first-order chi connectivity index (χ1) is 13.2. The molecule has 0 unspecified atom stereocenters. The van der Waals surface area contributed by atoms with Gasteiger partial charge in [-0.3, -0.25) is 4.79 Å². The quantitative estimate of drug-likeness (QED) is 0.752. The summed E-state index contributed by atoms with van der Waals surface area (Å²) < 4.78 is 64.6. The average Bonchev–Trinajstić information content (AvgIpc) is 2.68. The Hall–Kier alpha value is -1.61. The fraction of sp³-hybridized carbons (Fsp3) is 0.632. The van der Waals surface area contributed by atoms with Crippen molar-refractivity contribution in [2.45, 2.75) is 49.6 Å². The summed E-state index contributed by atoms with van der Waals surface area (Å²) in [4.78, 5) is 14.0. The number of benzene rings is 1. The van der Waals surface area contributed by atoms with Crippen molar-refractivity contribution < 1.29 is 26.4 Å². The number of carbonyl (C=O) groups is 1. The first-order valence-corrected chi connectivity index (χ1v) is 11.1. The number of rotatable bonds is 4. The van der Waals surface area contributed by atoms with Gasteiger partial charge in [0, 0.05) is 32.6 Å². The van der Waals surface area contributed by atoms with E-state index in [1.807, 2.05) is 0 Å². The van der Waals surface area contributed by atoms with Crippen molar-refractivity contribution in [3.8, 4) is 0 Å². The van der Waals surface area contributed by atoms with Crippen LogP contribution in [0.25, 0.3) is 0 Å². The molecule has 3 rings (SSSR count). The molecule has 0 N–H and O–H groups in total. The van der Waals surface area contributed by atoms with E-state index in [1.165, 1.54) is 10.7 Å². The largest absolute Gasteiger partial charge is 0.416 e. The van der Waals surface area contributed by atoms with Crippen LogP contribution in [0.3, 0.4) is 0 Å². The number of hydrogen-bond donors (Lipinski definition) is 0. The number of amides is 1. The van der Waals surface area contributed by atoms with Crippen LogP contribution in [0.1, 0.15) is 44.1 Å². The first kappa shape index (κ1) is 21.1. The van der Waals surface area contributed by atoms with Gasteiger partial charge in [0.25, 0.3) is 0 Å². The van der Waals surface area contributed by atoms with E-state index in [4.69, 9.17) is 0 Å². The summed E-state index contributed by atoms with van der Waals surface area (Å²) in [6.45, 7) is 0.927. The van der Waals surface area contributed by atoms with Crippen molar-refractivity contribution in [3.63, 3.8) is 0 Å². The van der Waals surface area contributed by atoms with Crippen molar-refractivity contribution >= 4 is 15.9 Å². The van der Waals surface area contributed by atoms with Gasteiger partial charge in [-0.2, -0.15) is 17.5 Å². The lowest BCUT2D eigenvalue weighted by Crippen LogP contribution is -2.50. The molecule has 1 aliphatic heterocycles. The normalized spacial score (nSPS) is 20.3. The molecule has 9 heteroatoms. The van der Waals surface area contributed by atoms with Crippen molar-refractivity contribution in [1.29, 1.82) is 0 Å². The highest BCUT2D eigenvalue weighted by Crippen LogP contribution is 2.30. The van der Waals surface area contributed by atoms with Gasteiger partial charge in [0.15, 0.2) is 0 Å². The number of piperazine rings is 1. The van der Waals surface area contributed by atoms with E-state index in [1.54, 1.807) is 4.90 Å². The van der Waals surface area contributed by atoms with Gasteiger partial charge in [-0.1, -0.05) is 19.3 Å². The number of sulfonamides is 1. The lowest BCUT2D eigenvalue weighted by molar-refractivity contribution is -0.137. The molecule has 0 spiro atoms. The van der Waals surface area contributed by atoms with Crippen molar-refractivity contribution in [1.82, 2.24) is 9.21 Å². The Kier molecular flexibility index (Phi) is 6.34. The van der Waals surface area contributed by atoms with Crippen molar-refractivity contribution in [2.75, 3.05) is 26.2 Å². The summed E-state index contributed by atoms with van der Waals surface area (Å²) in [6.07, 6.45) is 1.72. The van der Waals surface area contributed by atoms with E-state index in [-0.39, 0.29) is 23.9 Å². The molecule has 1 amide bonds. The van der Waals surface area contributed by atoms with E-state index in [2.05, 4.69) is 0 Å². The number of carbonyl (C=O) groups excluding carboxylic acids is 1. The maximum atomic E-state index is 12.7. The fourth-order valence-corrected chi connectivity index (χ4v) is 5.33. The van der Waals surface area contributed by atoms with E-state index in [0.717, 1.165) is 49.9 Å². The predicted octanol–water partition coefficient (Wildman–Crippen LogP) is 3.51. The molecule has 5 nitrogen and oxygen atoms in total. The monoisotopic (exact) mass is 418 g/mol. The summed E-state index contributed by atoms with van der Waals surface area (Å²) in [6, 6.07) is 3.52. The van der Waals surface area contributed by atoms with Crippen LogP contribution in [0.5, 0.6) is 0 Å². The molecule has 1 aromatic carbocycles. The third-order valence-electron chi connectivity index (χ3n) is 5.60. The Bertz CT molecular complexity index is 780. The molecule has 28 heavy (non-hydrogen) atoms. The second-order valence-electron chi connectivity index (χ2n) is 7.52. The smallest absolute Gasteiger partial charge is 0.340 e. The predicted molar refractivity (Wildman–Crippen MR) is 98.0 cm³/mol. The molecular formula is C19H25F3N2O3S. The van der Waals surface area contributed by atoms with Gasteiger partial charge < -0.3 is 4.90 Å². The molecule has 1 saturated heterocycles. The highest BCUT2D eigenvalue weighted by Gasteiger charge is 2.33. The zero-order chi connectivity index (χ0) is 20.4. The second kappa shape index (κ2) is 8.41. The van der Waals surface area contributed by atoms with Gasteiger partial charge in [0.1, 0.15) is 0 Å². The van der Waals surface area contributed by atoms with Crippen LogP contribution in [-0.4, -0.2) is 49.7 Å². The molecule has 156 valence electrons. The number of nitrogens with zero attached hydrogens (tertiary/aromatic N) is 2. The molecule has 0 radical (unpaired) electrons. The molecule has 1 heterocycles. The van der Waals surface area contributed by atoms with Gasteiger partial charge in [0.2, 0.25) is 15.9 Å². The molecule has 1 aromatic rings. The highest BCUT2D eigenvalue weighted by atomic mass is 32.2. The Morgan fingerprint density at radius 2 is 1.54 bits per heavy atom. The average molecular weight is 418 g/mol. The summed E-state index contributed by atoms with van der Waals surface area (Å²) in [7, 11) is -3.87. The standard InChI is InChI=1S/C19H25F3N2O3S/c20-19(21,22)16-6-8-17(9-7-16)28(26,27)24-12-10-23(11-13-24)18(25)14-15-4-2-1-3-5-15/h6-9,15H,1-5,10-14H2. The van der Waals surface area contributed by atoms with Crippen LogP contribution >= 0.6 is 0 Å². The third-order valence-corrected chi connectivity index (χ3v) is 7.51. The molecule has 0 bridgehead atoms. The second-order valence-corrected chi connectivity index (χ2v) is 9.45. The molecule has 2 fully saturated rings. The fourth-order valence-electron chi connectivity index (χ4n) is 3.91. The molecular weight excluding hydrogens is 393 g/mol. The summed E-state index contributed by atoms with van der Waals surface area (Å²) >= 11 is 0. The molecule has 1 saturated carbocycles. The summed E-state index contributed by atoms with van der Waals surface area (Å²) in [5.74, 6) is 0.494. The van der Waals surface area contributed by atoms with Gasteiger partial charge >= 0.3 is 6.18 Å². The highest BCUT2D eigenvalue weighted by molar-refractivity contribution is 7.89. The van der Waals surface area contributed by atoms with E-state index < -0.39 is 21.8 Å². The number of hydrogen-bond acceptors (Lipinski definition) is 3. The molecule has 2 aliphatic rings. The minimum Gasteiger partial charge on any atom is -0.340 e. The maximum Gasteiger partial charge on any atom is 0.416 e. The molecule has 0 aromatic heterocycles.